The van der Waals surface area contributed by atoms with E-state index < -0.39 is 49.2 Å². The lowest BCUT2D eigenvalue weighted by atomic mass is 9.75. The third kappa shape index (κ3) is 4.31. The fraction of sp³-hybridized carbons (Fsp3) is 0.636. The van der Waals surface area contributed by atoms with E-state index in [-0.39, 0.29) is 6.61 Å². The Hall–Kier alpha value is -1.66. The number of carboxylic acid groups (broad SMARTS) is 1. The molecule has 0 radical (unpaired) electrons. The van der Waals surface area contributed by atoms with Gasteiger partial charge in [0.05, 0.1) is 6.42 Å². The highest BCUT2D eigenvalue weighted by molar-refractivity contribution is 5.71. The van der Waals surface area contributed by atoms with Crippen LogP contribution in [-0.4, -0.2) is 35.7 Å². The zero-order chi connectivity index (χ0) is 13.8. The van der Waals surface area contributed by atoms with Crippen molar-refractivity contribution in [1.29, 1.82) is 0 Å². The Morgan fingerprint density at radius 2 is 2.17 bits per heavy atom. The standard InChI is InChI=1S/C11H15F2NO4/c1-2-3-18-10(17)14-8(4-9(15)16)7-5-11(12,13)6-7/h2,7-8H,1,3-6H2,(H,14,17)(H,15,16). The predicted molar refractivity (Wildman–Crippen MR) is 58.4 cm³/mol. The molecule has 5 nitrogen and oxygen atoms in total. The number of ether oxygens (including phenoxy) is 1. The van der Waals surface area contributed by atoms with Gasteiger partial charge in [-0.3, -0.25) is 4.79 Å². The van der Waals surface area contributed by atoms with Crippen LogP contribution in [0.25, 0.3) is 0 Å². The fourth-order valence-electron chi connectivity index (χ4n) is 1.84. The molecule has 0 aromatic heterocycles. The molecule has 1 aliphatic carbocycles. The van der Waals surface area contributed by atoms with Crippen molar-refractivity contribution in [1.82, 2.24) is 5.32 Å². The topological polar surface area (TPSA) is 75.6 Å². The lowest BCUT2D eigenvalue weighted by Gasteiger charge is -2.39. The largest absolute Gasteiger partial charge is 0.481 e. The Kier molecular flexibility index (Phi) is 4.63. The van der Waals surface area contributed by atoms with Crippen LogP contribution in [0.15, 0.2) is 12.7 Å². The minimum absolute atomic E-state index is 0.0214. The van der Waals surface area contributed by atoms with Gasteiger partial charge in [-0.05, 0) is 5.92 Å². The van der Waals surface area contributed by atoms with Crippen LogP contribution in [0.1, 0.15) is 19.3 Å². The molecule has 0 spiro atoms. The van der Waals surface area contributed by atoms with Crippen molar-refractivity contribution in [2.75, 3.05) is 6.61 Å². The molecule has 1 atom stereocenters. The molecule has 0 aliphatic heterocycles. The summed E-state index contributed by atoms with van der Waals surface area (Å²) in [7, 11) is 0. The monoisotopic (exact) mass is 263 g/mol. The lowest BCUT2D eigenvalue weighted by molar-refractivity contribution is -0.143. The summed E-state index contributed by atoms with van der Waals surface area (Å²) >= 11 is 0. The van der Waals surface area contributed by atoms with Gasteiger partial charge in [0.25, 0.3) is 0 Å². The minimum Gasteiger partial charge on any atom is -0.481 e. The molecule has 7 heteroatoms. The van der Waals surface area contributed by atoms with E-state index in [1.165, 1.54) is 6.08 Å². The van der Waals surface area contributed by atoms with Gasteiger partial charge in [-0.1, -0.05) is 12.7 Å². The van der Waals surface area contributed by atoms with E-state index in [9.17, 15) is 18.4 Å². The summed E-state index contributed by atoms with van der Waals surface area (Å²) in [6, 6.07) is -0.834. The summed E-state index contributed by atoms with van der Waals surface area (Å²) in [5, 5.41) is 11.0. The Labute approximate surface area is 103 Å². The van der Waals surface area contributed by atoms with Crippen LogP contribution in [0.3, 0.4) is 0 Å². The van der Waals surface area contributed by atoms with Crippen LogP contribution in [0.2, 0.25) is 0 Å². The molecule has 0 aromatic carbocycles. The van der Waals surface area contributed by atoms with E-state index in [1.807, 2.05) is 0 Å². The van der Waals surface area contributed by atoms with Gasteiger partial charge in [0, 0.05) is 18.9 Å². The average Bonchev–Trinajstić information content (AvgIpc) is 2.21. The lowest BCUT2D eigenvalue weighted by Crippen LogP contribution is -2.50. The van der Waals surface area contributed by atoms with E-state index in [0.717, 1.165) is 0 Å². The quantitative estimate of drug-likeness (QED) is 0.716. The van der Waals surface area contributed by atoms with E-state index in [2.05, 4.69) is 16.6 Å². The van der Waals surface area contributed by atoms with Crippen LogP contribution < -0.4 is 5.32 Å². The Morgan fingerprint density at radius 3 is 2.61 bits per heavy atom. The summed E-state index contributed by atoms with van der Waals surface area (Å²) in [6.45, 7) is 3.32. The molecule has 1 aliphatic rings. The zero-order valence-corrected chi connectivity index (χ0v) is 9.70. The second kappa shape index (κ2) is 5.79. The first kappa shape index (κ1) is 14.4. The maximum Gasteiger partial charge on any atom is 0.407 e. The Morgan fingerprint density at radius 1 is 1.56 bits per heavy atom. The van der Waals surface area contributed by atoms with Crippen molar-refractivity contribution in [3.63, 3.8) is 0 Å². The van der Waals surface area contributed by atoms with Crippen LogP contribution in [0.5, 0.6) is 0 Å². The summed E-state index contributed by atoms with van der Waals surface area (Å²) in [5.74, 6) is -4.44. The molecule has 0 heterocycles. The number of carboxylic acids is 1. The van der Waals surface area contributed by atoms with Crippen LogP contribution >= 0.6 is 0 Å². The molecule has 2 N–H and O–H groups in total. The highest BCUT2D eigenvalue weighted by atomic mass is 19.3. The second-order valence-electron chi connectivity index (χ2n) is 4.26. The molecule has 102 valence electrons. The first-order valence-corrected chi connectivity index (χ1v) is 5.48. The molecular formula is C11H15F2NO4. The number of carbonyl (C=O) groups excluding carboxylic acids is 1. The minimum atomic E-state index is -2.76. The Balaban J connectivity index is 2.48. The fourth-order valence-corrected chi connectivity index (χ4v) is 1.84. The molecule has 0 saturated heterocycles. The van der Waals surface area contributed by atoms with Crippen molar-refractivity contribution in [2.24, 2.45) is 5.92 Å². The number of halogens is 2. The molecule has 1 saturated carbocycles. The molecule has 0 bridgehead atoms. The number of carbonyl (C=O) groups is 2. The summed E-state index contributed by atoms with van der Waals surface area (Å²) in [4.78, 5) is 21.9. The SMILES string of the molecule is C=CCOC(=O)NC(CC(=O)O)C1CC(F)(F)C1. The van der Waals surface area contributed by atoms with Gasteiger partial charge in [0.1, 0.15) is 6.61 Å². The number of nitrogens with one attached hydrogen (secondary N) is 1. The molecule has 1 fully saturated rings. The van der Waals surface area contributed by atoms with Crippen LogP contribution in [0, 0.1) is 5.92 Å². The van der Waals surface area contributed by atoms with Crippen molar-refractivity contribution >= 4 is 12.1 Å². The number of rotatable bonds is 6. The van der Waals surface area contributed by atoms with Crippen LogP contribution in [0.4, 0.5) is 13.6 Å². The van der Waals surface area contributed by atoms with Crippen molar-refractivity contribution in [2.45, 2.75) is 31.2 Å². The Bertz CT molecular complexity index is 338. The maximum absolute atomic E-state index is 12.7. The van der Waals surface area contributed by atoms with Gasteiger partial charge >= 0.3 is 12.1 Å². The summed E-state index contributed by atoms with van der Waals surface area (Å²) in [5.41, 5.74) is 0. The first-order chi connectivity index (χ1) is 8.34. The number of amides is 1. The predicted octanol–water partition coefficient (Wildman–Crippen LogP) is 1.79. The molecule has 1 rings (SSSR count). The van der Waals surface area contributed by atoms with Crippen molar-refractivity contribution in [3.05, 3.63) is 12.7 Å². The van der Waals surface area contributed by atoms with E-state index in [4.69, 9.17) is 5.11 Å². The van der Waals surface area contributed by atoms with Gasteiger partial charge in [0.2, 0.25) is 5.92 Å². The first-order valence-electron chi connectivity index (χ1n) is 5.48. The molecule has 18 heavy (non-hydrogen) atoms. The summed E-state index contributed by atoms with van der Waals surface area (Å²) in [6.07, 6.45) is -0.691. The molecule has 0 aromatic rings. The van der Waals surface area contributed by atoms with Gasteiger partial charge in [-0.15, -0.1) is 0 Å². The highest BCUT2D eigenvalue weighted by Gasteiger charge is 2.49. The number of aliphatic carboxylic acids is 1. The van der Waals surface area contributed by atoms with Gasteiger partial charge in [-0.2, -0.15) is 0 Å². The van der Waals surface area contributed by atoms with Crippen molar-refractivity contribution in [3.8, 4) is 0 Å². The zero-order valence-electron chi connectivity index (χ0n) is 9.70. The third-order valence-corrected chi connectivity index (χ3v) is 2.72. The van der Waals surface area contributed by atoms with E-state index in [0.29, 0.717) is 0 Å². The molecular weight excluding hydrogens is 248 g/mol. The average molecular weight is 263 g/mol. The van der Waals surface area contributed by atoms with Crippen molar-refractivity contribution < 1.29 is 28.2 Å². The number of alkyl halides is 2. The second-order valence-corrected chi connectivity index (χ2v) is 4.26. The highest BCUT2D eigenvalue weighted by Crippen LogP contribution is 2.44. The number of hydrogen-bond donors (Lipinski definition) is 2. The van der Waals surface area contributed by atoms with Gasteiger partial charge < -0.3 is 15.2 Å². The molecule has 1 unspecified atom stereocenters. The van der Waals surface area contributed by atoms with Gasteiger partial charge in [-0.25, -0.2) is 13.6 Å². The van der Waals surface area contributed by atoms with E-state index in [1.54, 1.807) is 0 Å². The van der Waals surface area contributed by atoms with E-state index >= 15 is 0 Å². The van der Waals surface area contributed by atoms with Gasteiger partial charge in [0.15, 0.2) is 0 Å². The number of alkyl carbamates (subject to hydrolysis) is 1. The smallest absolute Gasteiger partial charge is 0.407 e. The summed E-state index contributed by atoms with van der Waals surface area (Å²) < 4.78 is 30.1. The molecule has 1 amide bonds. The third-order valence-electron chi connectivity index (χ3n) is 2.72. The maximum atomic E-state index is 12.7. The van der Waals surface area contributed by atoms with Crippen LogP contribution in [-0.2, 0) is 9.53 Å². The normalized spacial score (nSPS) is 19.4. The number of hydrogen-bond acceptors (Lipinski definition) is 3.